The fraction of sp³-hybridized carbons (Fsp3) is 0.235. The molecule has 1 aliphatic rings. The zero-order valence-electron chi connectivity index (χ0n) is 24.6. The summed E-state index contributed by atoms with van der Waals surface area (Å²) in [4.78, 5) is 33.1. The Morgan fingerprint density at radius 1 is 0.955 bits per heavy atom. The molecule has 1 aromatic heterocycles. The number of thiazole rings is 1. The van der Waals surface area contributed by atoms with Crippen LogP contribution >= 0.6 is 11.3 Å². The van der Waals surface area contributed by atoms with Crippen LogP contribution in [0.5, 0.6) is 17.2 Å². The van der Waals surface area contributed by atoms with Crippen LogP contribution in [0.4, 0.5) is 0 Å². The van der Waals surface area contributed by atoms with Crippen LogP contribution in [0.15, 0.2) is 88.2 Å². The summed E-state index contributed by atoms with van der Waals surface area (Å²) in [6.07, 6.45) is 1.76. The molecule has 0 radical (unpaired) electrons. The molecule has 9 nitrogen and oxygen atoms in total. The molecule has 0 spiro atoms. The molecule has 0 saturated carbocycles. The molecule has 10 heteroatoms. The zero-order valence-corrected chi connectivity index (χ0v) is 25.4. The van der Waals surface area contributed by atoms with Crippen molar-refractivity contribution >= 4 is 29.1 Å². The highest BCUT2D eigenvalue weighted by atomic mass is 32.1. The van der Waals surface area contributed by atoms with Crippen molar-refractivity contribution in [1.82, 2.24) is 4.57 Å². The van der Waals surface area contributed by atoms with Gasteiger partial charge in [0, 0.05) is 5.56 Å². The fourth-order valence-electron chi connectivity index (χ4n) is 4.93. The molecular weight excluding hydrogens is 578 g/mol. The third-order valence-electron chi connectivity index (χ3n) is 6.74. The first-order valence-electron chi connectivity index (χ1n) is 14.3. The number of ether oxygens (including phenoxy) is 4. The quantitative estimate of drug-likeness (QED) is 0.228. The Morgan fingerprint density at radius 2 is 1.70 bits per heavy atom. The molecular formula is C34H31N3O6S. The van der Waals surface area contributed by atoms with Gasteiger partial charge in [0.25, 0.3) is 5.56 Å². The van der Waals surface area contributed by atoms with Crippen LogP contribution in [-0.2, 0) is 9.53 Å². The summed E-state index contributed by atoms with van der Waals surface area (Å²) in [5, 5.41) is 8.92. The summed E-state index contributed by atoms with van der Waals surface area (Å²) in [6, 6.07) is 23.2. The Balaban J connectivity index is 1.73. The zero-order chi connectivity index (χ0) is 31.1. The largest absolute Gasteiger partial charge is 0.494 e. The van der Waals surface area contributed by atoms with Crippen LogP contribution in [0.2, 0.25) is 0 Å². The van der Waals surface area contributed by atoms with Crippen molar-refractivity contribution in [2.24, 2.45) is 4.99 Å². The Labute approximate surface area is 258 Å². The summed E-state index contributed by atoms with van der Waals surface area (Å²) in [5.74, 6) is 1.04. The van der Waals surface area contributed by atoms with Crippen molar-refractivity contribution in [3.8, 4) is 23.3 Å². The number of aromatic nitrogens is 1. The average molecular weight is 610 g/mol. The van der Waals surface area contributed by atoms with E-state index in [-0.39, 0.29) is 24.3 Å². The minimum atomic E-state index is -0.793. The Morgan fingerprint density at radius 3 is 2.39 bits per heavy atom. The van der Waals surface area contributed by atoms with E-state index in [1.165, 1.54) is 11.3 Å². The second-order valence-corrected chi connectivity index (χ2v) is 10.5. The second kappa shape index (κ2) is 13.9. The van der Waals surface area contributed by atoms with E-state index in [1.54, 1.807) is 35.8 Å². The molecule has 0 unspecified atom stereocenters. The van der Waals surface area contributed by atoms with E-state index in [0.717, 1.165) is 5.56 Å². The van der Waals surface area contributed by atoms with Gasteiger partial charge in [-0.3, -0.25) is 9.36 Å². The summed E-state index contributed by atoms with van der Waals surface area (Å²) >= 11 is 1.23. The summed E-state index contributed by atoms with van der Waals surface area (Å²) in [6.45, 7) is 6.47. The molecule has 0 amide bonds. The Kier molecular flexibility index (Phi) is 9.57. The van der Waals surface area contributed by atoms with Crippen LogP contribution in [0, 0.1) is 11.3 Å². The van der Waals surface area contributed by atoms with Crippen LogP contribution in [0.1, 0.15) is 43.5 Å². The number of rotatable bonds is 11. The first kappa shape index (κ1) is 30.3. The number of hydrogen-bond donors (Lipinski definition) is 0. The van der Waals surface area contributed by atoms with Crippen LogP contribution in [-0.4, -0.2) is 37.0 Å². The fourth-order valence-corrected chi connectivity index (χ4v) is 5.93. The van der Waals surface area contributed by atoms with Crippen LogP contribution in [0.3, 0.4) is 0 Å². The Hall–Kier alpha value is -5.14. The second-order valence-electron chi connectivity index (χ2n) is 9.52. The van der Waals surface area contributed by atoms with Gasteiger partial charge in [0.1, 0.15) is 11.8 Å². The number of hydrogen-bond acceptors (Lipinski definition) is 9. The lowest BCUT2D eigenvalue weighted by molar-refractivity contribution is -0.138. The molecule has 1 aliphatic heterocycles. The van der Waals surface area contributed by atoms with Gasteiger partial charge in [-0.15, -0.1) is 0 Å². The molecule has 0 N–H and O–H groups in total. The van der Waals surface area contributed by atoms with Crippen LogP contribution < -0.4 is 29.1 Å². The third-order valence-corrected chi connectivity index (χ3v) is 7.72. The average Bonchev–Trinajstić information content (AvgIpc) is 3.35. The number of fused-ring (bicyclic) bond motifs is 1. The maximum absolute atomic E-state index is 14.1. The Bertz CT molecular complexity index is 1900. The predicted molar refractivity (Wildman–Crippen MR) is 167 cm³/mol. The van der Waals surface area contributed by atoms with Gasteiger partial charge in [0.15, 0.2) is 22.9 Å². The molecule has 0 bridgehead atoms. The first-order valence-corrected chi connectivity index (χ1v) is 15.1. The maximum Gasteiger partial charge on any atom is 0.338 e. The summed E-state index contributed by atoms with van der Waals surface area (Å²) in [5.41, 5.74) is 2.58. The molecule has 2 heterocycles. The van der Waals surface area contributed by atoms with E-state index in [0.29, 0.717) is 56.6 Å². The van der Waals surface area contributed by atoms with Gasteiger partial charge in [-0.25, -0.2) is 9.79 Å². The monoisotopic (exact) mass is 609 g/mol. The third kappa shape index (κ3) is 6.28. The summed E-state index contributed by atoms with van der Waals surface area (Å²) in [7, 11) is 0. The van der Waals surface area contributed by atoms with Crippen molar-refractivity contribution in [3.05, 3.63) is 115 Å². The lowest BCUT2D eigenvalue weighted by atomic mass is 9.93. The van der Waals surface area contributed by atoms with Crippen molar-refractivity contribution in [1.29, 1.82) is 5.26 Å². The maximum atomic E-state index is 14.1. The molecule has 0 aliphatic carbocycles. The standard InChI is InChI=1S/C34H31N3O6S/c1-4-40-25-15-13-24(14-16-25)31-29(33(39)42-6-3)30(23-10-8-7-9-11-23)36-34-37(31)32(38)28(44-34)21-22-12-17-26(43-19-18-35)27(20-22)41-5-2/h7-17,20-21,31H,4-6,19H2,1-3H3/b28-21-/t31-/m1/s1. The highest BCUT2D eigenvalue weighted by Gasteiger charge is 2.35. The summed E-state index contributed by atoms with van der Waals surface area (Å²) < 4.78 is 24.4. The van der Waals surface area contributed by atoms with Crippen molar-refractivity contribution < 1.29 is 23.7 Å². The topological polar surface area (TPSA) is 112 Å². The first-order chi connectivity index (χ1) is 21.5. The number of nitrogens with zero attached hydrogens (tertiary/aromatic N) is 3. The number of carbonyl (C=O) groups is 1. The van der Waals surface area contributed by atoms with E-state index in [4.69, 9.17) is 29.2 Å². The molecule has 44 heavy (non-hydrogen) atoms. The molecule has 4 aromatic rings. The van der Waals surface area contributed by atoms with Gasteiger partial charge in [0.05, 0.1) is 41.7 Å². The van der Waals surface area contributed by atoms with Crippen LogP contribution in [0.25, 0.3) is 11.8 Å². The van der Waals surface area contributed by atoms with E-state index < -0.39 is 12.0 Å². The van der Waals surface area contributed by atoms with E-state index in [9.17, 15) is 9.59 Å². The van der Waals surface area contributed by atoms with Gasteiger partial charge < -0.3 is 18.9 Å². The number of carbonyl (C=O) groups excluding carboxylic acids is 1. The van der Waals surface area contributed by atoms with Crippen molar-refractivity contribution in [3.63, 3.8) is 0 Å². The minimum absolute atomic E-state index is 0.115. The smallest absolute Gasteiger partial charge is 0.338 e. The molecule has 224 valence electrons. The van der Waals surface area contributed by atoms with Gasteiger partial charge in [-0.1, -0.05) is 59.9 Å². The molecule has 3 aromatic carbocycles. The van der Waals surface area contributed by atoms with E-state index >= 15 is 0 Å². The van der Waals surface area contributed by atoms with E-state index in [2.05, 4.69) is 0 Å². The molecule has 0 saturated heterocycles. The highest BCUT2D eigenvalue weighted by Crippen LogP contribution is 2.36. The molecule has 5 rings (SSSR count). The molecule has 1 atom stereocenters. The molecule has 0 fully saturated rings. The number of nitriles is 1. The normalized spacial score (nSPS) is 14.3. The lowest BCUT2D eigenvalue weighted by Gasteiger charge is -2.26. The van der Waals surface area contributed by atoms with Gasteiger partial charge in [-0.05, 0) is 62.2 Å². The lowest BCUT2D eigenvalue weighted by Crippen LogP contribution is -2.40. The van der Waals surface area contributed by atoms with Gasteiger partial charge >= 0.3 is 5.97 Å². The van der Waals surface area contributed by atoms with Gasteiger partial charge in [0.2, 0.25) is 0 Å². The van der Waals surface area contributed by atoms with Gasteiger partial charge in [-0.2, -0.15) is 5.26 Å². The SMILES string of the molecule is CCOC(=O)C1=C(c2ccccc2)N=c2s/c(=C\c3ccc(OCC#N)c(OCC)c3)c(=O)n2[C@@H]1c1ccc(OCC)cc1. The van der Waals surface area contributed by atoms with E-state index in [1.807, 2.05) is 74.5 Å². The number of esters is 1. The highest BCUT2D eigenvalue weighted by molar-refractivity contribution is 7.07. The van der Waals surface area contributed by atoms with Crippen molar-refractivity contribution in [2.45, 2.75) is 26.8 Å². The van der Waals surface area contributed by atoms with Crippen molar-refractivity contribution in [2.75, 3.05) is 26.4 Å². The predicted octanol–water partition coefficient (Wildman–Crippen LogP) is 4.64. The number of benzene rings is 3. The minimum Gasteiger partial charge on any atom is -0.494 e.